The van der Waals surface area contributed by atoms with Crippen molar-refractivity contribution in [2.24, 2.45) is 0 Å². The Balaban J connectivity index is 1.56. The molecule has 156 valence electrons. The summed E-state index contributed by atoms with van der Waals surface area (Å²) >= 11 is 0. The molecule has 3 rings (SSSR count). The molecule has 6 heteroatoms. The van der Waals surface area contributed by atoms with Crippen molar-refractivity contribution in [1.29, 1.82) is 0 Å². The van der Waals surface area contributed by atoms with E-state index in [2.05, 4.69) is 0 Å². The molecule has 1 aliphatic heterocycles. The highest BCUT2D eigenvalue weighted by Crippen LogP contribution is 2.23. The predicted octanol–water partition coefficient (Wildman–Crippen LogP) is 3.41. The average molecular weight is 406 g/mol. The van der Waals surface area contributed by atoms with Crippen LogP contribution in [-0.4, -0.2) is 52.9 Å². The van der Waals surface area contributed by atoms with Gasteiger partial charge in [0, 0.05) is 25.6 Å². The molecule has 2 aromatic carbocycles. The standard InChI is InChI=1S/C24H26N2O4/c1-15-11-12-18(14-16(15)2)22(28)17(3)25(4)21(27)10-7-13-26-23(29)19-8-5-6-9-20(19)24(26)30/h5-6,8-9,11-12,14,17H,7,10,13H2,1-4H3. The third-order valence-corrected chi connectivity index (χ3v) is 5.80. The minimum Gasteiger partial charge on any atom is -0.336 e. The number of ketones is 1. The molecule has 6 nitrogen and oxygen atoms in total. The molecule has 0 fully saturated rings. The Morgan fingerprint density at radius 2 is 1.57 bits per heavy atom. The van der Waals surface area contributed by atoms with Gasteiger partial charge in [0.1, 0.15) is 0 Å². The first-order valence-corrected chi connectivity index (χ1v) is 10.0. The number of amides is 3. The Bertz CT molecular complexity index is 993. The number of carbonyl (C=O) groups excluding carboxylic acids is 4. The van der Waals surface area contributed by atoms with E-state index in [1.807, 2.05) is 26.0 Å². The SMILES string of the molecule is Cc1ccc(C(=O)C(C)N(C)C(=O)CCCN2C(=O)c3ccccc3C2=O)cc1C. The molecule has 3 amide bonds. The second-order valence-electron chi connectivity index (χ2n) is 7.75. The number of imide groups is 1. The zero-order chi connectivity index (χ0) is 22.0. The second-order valence-corrected chi connectivity index (χ2v) is 7.75. The van der Waals surface area contributed by atoms with Gasteiger partial charge in [0.2, 0.25) is 5.91 Å². The lowest BCUT2D eigenvalue weighted by molar-refractivity contribution is -0.131. The number of hydrogen-bond donors (Lipinski definition) is 0. The van der Waals surface area contributed by atoms with Gasteiger partial charge in [-0.1, -0.05) is 24.3 Å². The number of carbonyl (C=O) groups is 4. The lowest BCUT2D eigenvalue weighted by atomic mass is 9.99. The first kappa shape index (κ1) is 21.4. The van der Waals surface area contributed by atoms with Crippen molar-refractivity contribution in [2.75, 3.05) is 13.6 Å². The molecule has 0 N–H and O–H groups in total. The van der Waals surface area contributed by atoms with E-state index in [0.29, 0.717) is 23.1 Å². The van der Waals surface area contributed by atoms with Crippen molar-refractivity contribution in [3.63, 3.8) is 0 Å². The number of hydrogen-bond acceptors (Lipinski definition) is 4. The molecule has 0 aliphatic carbocycles. The zero-order valence-corrected chi connectivity index (χ0v) is 17.8. The molecule has 1 unspecified atom stereocenters. The van der Waals surface area contributed by atoms with Crippen LogP contribution in [0.3, 0.4) is 0 Å². The van der Waals surface area contributed by atoms with E-state index >= 15 is 0 Å². The first-order valence-electron chi connectivity index (χ1n) is 10.0. The van der Waals surface area contributed by atoms with Crippen LogP contribution in [0.5, 0.6) is 0 Å². The van der Waals surface area contributed by atoms with Crippen LogP contribution in [0.15, 0.2) is 42.5 Å². The van der Waals surface area contributed by atoms with Crippen LogP contribution in [0.4, 0.5) is 0 Å². The van der Waals surface area contributed by atoms with E-state index < -0.39 is 6.04 Å². The van der Waals surface area contributed by atoms with Crippen LogP contribution in [0, 0.1) is 13.8 Å². The fourth-order valence-electron chi connectivity index (χ4n) is 3.53. The maximum atomic E-state index is 12.8. The zero-order valence-electron chi connectivity index (χ0n) is 17.8. The van der Waals surface area contributed by atoms with Crippen molar-refractivity contribution in [2.45, 2.75) is 39.7 Å². The van der Waals surface area contributed by atoms with Crippen molar-refractivity contribution < 1.29 is 19.2 Å². The lowest BCUT2D eigenvalue weighted by Gasteiger charge is -2.24. The highest BCUT2D eigenvalue weighted by Gasteiger charge is 2.34. The Kier molecular flexibility index (Phi) is 6.15. The van der Waals surface area contributed by atoms with Crippen molar-refractivity contribution in [3.05, 3.63) is 70.3 Å². The molecule has 0 spiro atoms. The van der Waals surface area contributed by atoms with Crippen molar-refractivity contribution in [3.8, 4) is 0 Å². The molecule has 0 radical (unpaired) electrons. The monoisotopic (exact) mass is 406 g/mol. The van der Waals surface area contributed by atoms with Gasteiger partial charge in [-0.15, -0.1) is 0 Å². The number of Topliss-reactive ketones (excluding diaryl/α,β-unsaturated/α-hetero) is 1. The average Bonchev–Trinajstić information content (AvgIpc) is 2.99. The Morgan fingerprint density at radius 1 is 0.967 bits per heavy atom. The van der Waals surface area contributed by atoms with Gasteiger partial charge in [-0.3, -0.25) is 24.1 Å². The van der Waals surface area contributed by atoms with Crippen LogP contribution in [0.25, 0.3) is 0 Å². The number of aryl methyl sites for hydroxylation is 2. The van der Waals surface area contributed by atoms with E-state index in [1.165, 1.54) is 9.80 Å². The molecule has 1 atom stereocenters. The van der Waals surface area contributed by atoms with E-state index in [9.17, 15) is 19.2 Å². The van der Waals surface area contributed by atoms with Gasteiger partial charge in [0.25, 0.3) is 11.8 Å². The molecule has 1 heterocycles. The molecular formula is C24H26N2O4. The number of benzene rings is 2. The van der Waals surface area contributed by atoms with E-state index in [1.54, 1.807) is 44.3 Å². The summed E-state index contributed by atoms with van der Waals surface area (Å²) < 4.78 is 0. The third-order valence-electron chi connectivity index (χ3n) is 5.80. The normalized spacial score (nSPS) is 13.9. The van der Waals surface area contributed by atoms with E-state index in [0.717, 1.165) is 11.1 Å². The van der Waals surface area contributed by atoms with Gasteiger partial charge >= 0.3 is 0 Å². The summed E-state index contributed by atoms with van der Waals surface area (Å²) in [5, 5.41) is 0. The van der Waals surface area contributed by atoms with Crippen LogP contribution in [0.2, 0.25) is 0 Å². The highest BCUT2D eigenvalue weighted by atomic mass is 16.2. The quantitative estimate of drug-likeness (QED) is 0.522. The van der Waals surface area contributed by atoms with Gasteiger partial charge in [-0.25, -0.2) is 0 Å². The number of fused-ring (bicyclic) bond motifs is 1. The maximum Gasteiger partial charge on any atom is 0.261 e. The second kappa shape index (κ2) is 8.61. The topological polar surface area (TPSA) is 74.8 Å². The fraction of sp³-hybridized carbons (Fsp3) is 0.333. The van der Waals surface area contributed by atoms with E-state index in [-0.39, 0.29) is 36.5 Å². The van der Waals surface area contributed by atoms with Gasteiger partial charge in [0.15, 0.2) is 5.78 Å². The molecule has 0 saturated carbocycles. The minimum absolute atomic E-state index is 0.116. The summed E-state index contributed by atoms with van der Waals surface area (Å²) in [5.41, 5.74) is 3.52. The smallest absolute Gasteiger partial charge is 0.261 e. The largest absolute Gasteiger partial charge is 0.336 e. The van der Waals surface area contributed by atoms with Gasteiger partial charge in [-0.05, 0) is 56.5 Å². The Morgan fingerprint density at radius 3 is 2.13 bits per heavy atom. The van der Waals surface area contributed by atoms with Crippen molar-refractivity contribution in [1.82, 2.24) is 9.80 Å². The van der Waals surface area contributed by atoms with Crippen LogP contribution < -0.4 is 0 Å². The number of nitrogens with zero attached hydrogens (tertiary/aromatic N) is 2. The number of likely N-dealkylation sites (N-methyl/N-ethyl adjacent to an activating group) is 1. The Labute approximate surface area is 176 Å². The summed E-state index contributed by atoms with van der Waals surface area (Å²) in [7, 11) is 1.61. The van der Waals surface area contributed by atoms with Crippen LogP contribution >= 0.6 is 0 Å². The molecule has 0 saturated heterocycles. The summed E-state index contributed by atoms with van der Waals surface area (Å²) in [4.78, 5) is 52.7. The molecule has 0 aromatic heterocycles. The van der Waals surface area contributed by atoms with Crippen LogP contribution in [-0.2, 0) is 4.79 Å². The maximum absolute atomic E-state index is 12.8. The summed E-state index contributed by atoms with van der Waals surface area (Å²) in [6.07, 6.45) is 0.494. The molecule has 30 heavy (non-hydrogen) atoms. The molecule has 2 aromatic rings. The lowest BCUT2D eigenvalue weighted by Crippen LogP contribution is -2.40. The number of rotatable bonds is 7. The van der Waals surface area contributed by atoms with Gasteiger partial charge in [0.05, 0.1) is 17.2 Å². The summed E-state index contributed by atoms with van der Waals surface area (Å²) in [6.45, 7) is 5.81. The third kappa shape index (κ3) is 4.03. The van der Waals surface area contributed by atoms with E-state index in [4.69, 9.17) is 0 Å². The predicted molar refractivity (Wildman–Crippen MR) is 114 cm³/mol. The highest BCUT2D eigenvalue weighted by molar-refractivity contribution is 6.21. The first-order chi connectivity index (χ1) is 14.2. The summed E-state index contributed by atoms with van der Waals surface area (Å²) in [6, 6.07) is 11.6. The van der Waals surface area contributed by atoms with Crippen LogP contribution in [0.1, 0.15) is 62.0 Å². The fourth-order valence-corrected chi connectivity index (χ4v) is 3.53. The van der Waals surface area contributed by atoms with Gasteiger partial charge < -0.3 is 4.90 Å². The van der Waals surface area contributed by atoms with Crippen molar-refractivity contribution >= 4 is 23.5 Å². The molecule has 0 bridgehead atoms. The minimum atomic E-state index is -0.598. The summed E-state index contributed by atoms with van der Waals surface area (Å²) in [5.74, 6) is -0.963. The Hall–Kier alpha value is -3.28. The van der Waals surface area contributed by atoms with Gasteiger partial charge in [-0.2, -0.15) is 0 Å². The molecule has 1 aliphatic rings. The molecular weight excluding hydrogens is 380 g/mol.